The van der Waals surface area contributed by atoms with Crippen LogP contribution in [0.1, 0.15) is 18.1 Å². The maximum atomic E-state index is 12.4. The number of anilines is 1. The second kappa shape index (κ2) is 7.72. The van der Waals surface area contributed by atoms with Crippen molar-refractivity contribution in [2.75, 3.05) is 5.32 Å². The number of aryl methyl sites for hydroxylation is 1. The Kier molecular flexibility index (Phi) is 5.68. The molecule has 0 radical (unpaired) electrons. The molecule has 0 heterocycles. The van der Waals surface area contributed by atoms with Crippen molar-refractivity contribution in [3.8, 4) is 5.75 Å². The van der Waals surface area contributed by atoms with Crippen LogP contribution in [0.5, 0.6) is 5.75 Å². The quantitative estimate of drug-likeness (QED) is 0.638. The lowest BCUT2D eigenvalue weighted by Crippen LogP contribution is -2.24. The van der Waals surface area contributed by atoms with Gasteiger partial charge in [-0.05, 0) is 29.7 Å². The van der Waals surface area contributed by atoms with Crippen LogP contribution in [0.3, 0.4) is 0 Å². The molecular formula is C17H18F3N3O. The minimum absolute atomic E-state index is 0.0131. The van der Waals surface area contributed by atoms with E-state index in [1.54, 1.807) is 6.07 Å². The molecule has 4 nitrogen and oxygen atoms in total. The minimum atomic E-state index is -4.77. The fraction of sp³-hybridized carbons (Fsp3) is 0.235. The van der Waals surface area contributed by atoms with Gasteiger partial charge < -0.3 is 15.8 Å². The predicted octanol–water partition coefficient (Wildman–Crippen LogP) is 4.07. The number of ether oxygens (including phenoxy) is 1. The third kappa shape index (κ3) is 5.19. The third-order valence-electron chi connectivity index (χ3n) is 3.29. The summed E-state index contributed by atoms with van der Waals surface area (Å²) in [6, 6.07) is 13.4. The van der Waals surface area contributed by atoms with E-state index < -0.39 is 6.36 Å². The molecule has 0 saturated heterocycles. The van der Waals surface area contributed by atoms with E-state index in [4.69, 9.17) is 5.73 Å². The lowest BCUT2D eigenvalue weighted by molar-refractivity contribution is -0.274. The Morgan fingerprint density at radius 2 is 1.71 bits per heavy atom. The molecule has 0 unspecified atom stereocenters. The lowest BCUT2D eigenvalue weighted by Gasteiger charge is -2.14. The molecule has 24 heavy (non-hydrogen) atoms. The number of guanidine groups is 1. The number of rotatable bonds is 5. The van der Waals surface area contributed by atoms with Crippen LogP contribution in [0.15, 0.2) is 53.5 Å². The normalized spacial score (nSPS) is 12.1. The average molecular weight is 337 g/mol. The van der Waals surface area contributed by atoms with Crippen LogP contribution in [0.4, 0.5) is 18.9 Å². The second-order valence-corrected chi connectivity index (χ2v) is 4.99. The Balaban J connectivity index is 2.10. The maximum absolute atomic E-state index is 12.4. The largest absolute Gasteiger partial charge is 0.573 e. The summed E-state index contributed by atoms with van der Waals surface area (Å²) >= 11 is 0. The van der Waals surface area contributed by atoms with E-state index in [1.807, 2.05) is 31.2 Å². The molecule has 0 aliphatic heterocycles. The van der Waals surface area contributed by atoms with Crippen molar-refractivity contribution < 1.29 is 17.9 Å². The molecule has 2 aromatic carbocycles. The van der Waals surface area contributed by atoms with Gasteiger partial charge in [0, 0.05) is 0 Å². The number of benzene rings is 2. The van der Waals surface area contributed by atoms with Crippen molar-refractivity contribution in [3.63, 3.8) is 0 Å². The van der Waals surface area contributed by atoms with Gasteiger partial charge in [-0.2, -0.15) is 0 Å². The summed E-state index contributed by atoms with van der Waals surface area (Å²) < 4.78 is 41.2. The van der Waals surface area contributed by atoms with Crippen LogP contribution in [-0.4, -0.2) is 12.3 Å². The molecule has 0 fully saturated rings. The van der Waals surface area contributed by atoms with Crippen molar-refractivity contribution in [1.82, 2.24) is 0 Å². The van der Waals surface area contributed by atoms with Crippen LogP contribution in [-0.2, 0) is 13.0 Å². The van der Waals surface area contributed by atoms with Crippen LogP contribution in [0, 0.1) is 0 Å². The maximum Gasteiger partial charge on any atom is 0.573 e. The van der Waals surface area contributed by atoms with Gasteiger partial charge >= 0.3 is 6.36 Å². The topological polar surface area (TPSA) is 59.6 Å². The highest BCUT2D eigenvalue weighted by molar-refractivity contribution is 5.93. The first-order valence-electron chi connectivity index (χ1n) is 7.37. The van der Waals surface area contributed by atoms with Crippen molar-refractivity contribution >= 4 is 11.6 Å². The minimum Gasteiger partial charge on any atom is -0.404 e. The summed E-state index contributed by atoms with van der Waals surface area (Å²) in [6.45, 7) is 2.38. The summed E-state index contributed by atoms with van der Waals surface area (Å²) in [7, 11) is 0. The molecule has 128 valence electrons. The molecule has 0 atom stereocenters. The van der Waals surface area contributed by atoms with Crippen LogP contribution < -0.4 is 15.8 Å². The molecule has 0 aromatic heterocycles. The van der Waals surface area contributed by atoms with E-state index in [1.165, 1.54) is 18.2 Å². The van der Waals surface area contributed by atoms with Gasteiger partial charge in [0.1, 0.15) is 0 Å². The molecule has 2 rings (SSSR count). The number of aliphatic imine (C=N–C) groups is 1. The van der Waals surface area contributed by atoms with Gasteiger partial charge in [0.2, 0.25) is 0 Å². The van der Waals surface area contributed by atoms with E-state index in [2.05, 4.69) is 15.0 Å². The summed E-state index contributed by atoms with van der Waals surface area (Å²) in [4.78, 5) is 4.18. The molecular weight excluding hydrogens is 319 g/mol. The molecule has 3 N–H and O–H groups in total. The Labute approximate surface area is 138 Å². The van der Waals surface area contributed by atoms with Crippen LogP contribution >= 0.6 is 0 Å². The fourth-order valence-electron chi connectivity index (χ4n) is 2.19. The van der Waals surface area contributed by atoms with Gasteiger partial charge in [-0.15, -0.1) is 13.2 Å². The molecule has 0 aliphatic rings. The highest BCUT2D eigenvalue weighted by atomic mass is 19.4. The standard InChI is InChI=1S/C17H18F3N3O/c1-2-12-7-3-4-8-13(12)11-22-16(21)23-14-9-5-6-10-15(14)24-17(18,19)20/h3-10H,2,11H2,1H3,(H3,21,22,23). The zero-order chi connectivity index (χ0) is 17.6. The number of alkyl halides is 3. The first kappa shape index (κ1) is 17.7. The number of nitrogens with one attached hydrogen (secondary N) is 1. The summed E-state index contributed by atoms with van der Waals surface area (Å²) in [5.74, 6) is -0.351. The van der Waals surface area contributed by atoms with Gasteiger partial charge in [0.15, 0.2) is 11.7 Å². The Hall–Kier alpha value is -2.70. The molecule has 7 heteroatoms. The first-order chi connectivity index (χ1) is 11.4. The van der Waals surface area contributed by atoms with E-state index in [0.29, 0.717) is 6.54 Å². The molecule has 0 amide bonds. The lowest BCUT2D eigenvalue weighted by atomic mass is 10.1. The van der Waals surface area contributed by atoms with Crippen LogP contribution in [0.25, 0.3) is 0 Å². The predicted molar refractivity (Wildman–Crippen MR) is 87.9 cm³/mol. The fourth-order valence-corrected chi connectivity index (χ4v) is 2.19. The number of nitrogens with two attached hydrogens (primary N) is 1. The summed E-state index contributed by atoms with van der Waals surface area (Å²) in [6.07, 6.45) is -3.91. The number of para-hydroxylation sites is 2. The highest BCUT2D eigenvalue weighted by Gasteiger charge is 2.32. The monoisotopic (exact) mass is 337 g/mol. The highest BCUT2D eigenvalue weighted by Crippen LogP contribution is 2.29. The summed E-state index contributed by atoms with van der Waals surface area (Å²) in [5, 5.41) is 2.64. The zero-order valence-corrected chi connectivity index (χ0v) is 13.1. The molecule has 0 aliphatic carbocycles. The van der Waals surface area contributed by atoms with Crippen molar-refractivity contribution in [1.29, 1.82) is 0 Å². The second-order valence-electron chi connectivity index (χ2n) is 4.99. The first-order valence-corrected chi connectivity index (χ1v) is 7.37. The summed E-state index contributed by atoms with van der Waals surface area (Å²) in [5.41, 5.74) is 8.04. The van der Waals surface area contributed by atoms with Crippen molar-refractivity contribution in [2.24, 2.45) is 10.7 Å². The molecule has 2 aromatic rings. The van der Waals surface area contributed by atoms with Crippen molar-refractivity contribution in [2.45, 2.75) is 26.3 Å². The van der Waals surface area contributed by atoms with Gasteiger partial charge in [-0.25, -0.2) is 4.99 Å². The van der Waals surface area contributed by atoms with Gasteiger partial charge in [0.25, 0.3) is 0 Å². The van der Waals surface area contributed by atoms with Crippen LogP contribution in [0.2, 0.25) is 0 Å². The Morgan fingerprint density at radius 1 is 1.08 bits per heavy atom. The van der Waals surface area contributed by atoms with E-state index in [0.717, 1.165) is 17.5 Å². The van der Waals surface area contributed by atoms with E-state index in [-0.39, 0.29) is 17.4 Å². The van der Waals surface area contributed by atoms with Crippen molar-refractivity contribution in [3.05, 3.63) is 59.7 Å². The zero-order valence-electron chi connectivity index (χ0n) is 13.1. The third-order valence-corrected chi connectivity index (χ3v) is 3.29. The van der Waals surface area contributed by atoms with E-state index in [9.17, 15) is 13.2 Å². The number of hydrogen-bond donors (Lipinski definition) is 2. The van der Waals surface area contributed by atoms with Gasteiger partial charge in [-0.3, -0.25) is 0 Å². The molecule has 0 spiro atoms. The van der Waals surface area contributed by atoms with E-state index >= 15 is 0 Å². The average Bonchev–Trinajstić information content (AvgIpc) is 2.53. The Bertz CT molecular complexity index is 714. The van der Waals surface area contributed by atoms with Gasteiger partial charge in [0.05, 0.1) is 12.2 Å². The number of halogens is 3. The van der Waals surface area contributed by atoms with Gasteiger partial charge in [-0.1, -0.05) is 43.3 Å². The number of nitrogens with zero attached hydrogens (tertiary/aromatic N) is 1. The SMILES string of the molecule is CCc1ccccc1CN=C(N)Nc1ccccc1OC(F)(F)F. The number of hydrogen-bond acceptors (Lipinski definition) is 2. The Morgan fingerprint density at radius 3 is 2.38 bits per heavy atom. The molecule has 0 saturated carbocycles. The molecule has 0 bridgehead atoms. The smallest absolute Gasteiger partial charge is 0.404 e.